The summed E-state index contributed by atoms with van der Waals surface area (Å²) in [7, 11) is 0. The topological polar surface area (TPSA) is 27.1 Å². The van der Waals surface area contributed by atoms with Crippen molar-refractivity contribution in [1.29, 1.82) is 5.41 Å². The van der Waals surface area contributed by atoms with Crippen LogP contribution in [0.2, 0.25) is 0 Å². The highest BCUT2D eigenvalue weighted by Crippen LogP contribution is 2.24. The van der Waals surface area contributed by atoms with Gasteiger partial charge in [-0.2, -0.15) is 0 Å². The Labute approximate surface area is 170 Å². The van der Waals surface area contributed by atoms with E-state index in [0.29, 0.717) is 6.04 Å². The Morgan fingerprint density at radius 3 is 1.70 bits per heavy atom. The molecule has 0 spiro atoms. The number of nitrogens with one attached hydrogen (secondary N) is 1. The maximum atomic E-state index is 8.37. The van der Waals surface area contributed by atoms with Crippen LogP contribution in [-0.4, -0.2) is 23.3 Å². The zero-order chi connectivity index (χ0) is 19.7. The zero-order valence-corrected chi connectivity index (χ0v) is 18.7. The van der Waals surface area contributed by atoms with Gasteiger partial charge >= 0.3 is 0 Å². The van der Waals surface area contributed by atoms with Gasteiger partial charge in [0, 0.05) is 13.0 Å². The van der Waals surface area contributed by atoms with Crippen molar-refractivity contribution in [1.82, 2.24) is 4.90 Å². The van der Waals surface area contributed by atoms with Gasteiger partial charge in [0.2, 0.25) is 0 Å². The lowest BCUT2D eigenvalue weighted by Gasteiger charge is -2.27. The number of likely N-dealkylation sites (tertiary alicyclic amines) is 1. The minimum atomic E-state index is 0.439. The van der Waals surface area contributed by atoms with Crippen LogP contribution in [-0.2, 0) is 0 Å². The van der Waals surface area contributed by atoms with E-state index in [0.717, 1.165) is 18.8 Å². The Hall–Kier alpha value is -0.790. The van der Waals surface area contributed by atoms with Crippen LogP contribution >= 0.6 is 0 Å². The predicted molar refractivity (Wildman–Crippen MR) is 122 cm³/mol. The van der Waals surface area contributed by atoms with Crippen LogP contribution in [0.5, 0.6) is 0 Å². The van der Waals surface area contributed by atoms with Gasteiger partial charge in [-0.3, -0.25) is 5.41 Å². The van der Waals surface area contributed by atoms with E-state index in [2.05, 4.69) is 25.3 Å². The monoisotopic (exact) mass is 376 g/mol. The van der Waals surface area contributed by atoms with Gasteiger partial charge in [0.1, 0.15) is 0 Å². The number of nitrogens with zero attached hydrogens (tertiary/aromatic N) is 1. The minimum Gasteiger partial charge on any atom is -0.354 e. The molecule has 0 aromatic heterocycles. The van der Waals surface area contributed by atoms with Gasteiger partial charge in [-0.1, -0.05) is 109 Å². The molecule has 27 heavy (non-hydrogen) atoms. The van der Waals surface area contributed by atoms with Crippen molar-refractivity contribution in [2.75, 3.05) is 6.54 Å². The minimum absolute atomic E-state index is 0.439. The van der Waals surface area contributed by atoms with Gasteiger partial charge in [0.05, 0.1) is 11.9 Å². The summed E-state index contributed by atoms with van der Waals surface area (Å²) in [6.45, 7) is 9.58. The first-order valence-corrected chi connectivity index (χ1v) is 12.2. The van der Waals surface area contributed by atoms with E-state index in [-0.39, 0.29) is 0 Å². The summed E-state index contributed by atoms with van der Waals surface area (Å²) in [4.78, 5) is 2.30. The van der Waals surface area contributed by atoms with Crippen LogP contribution in [0.25, 0.3) is 0 Å². The van der Waals surface area contributed by atoms with Crippen LogP contribution in [0.4, 0.5) is 0 Å². The van der Waals surface area contributed by atoms with E-state index in [1.165, 1.54) is 115 Å². The highest BCUT2D eigenvalue weighted by molar-refractivity contribution is 5.80. The third-order valence-corrected chi connectivity index (χ3v) is 6.19. The fraction of sp³-hybridized carbons (Fsp3) is 0.880. The van der Waals surface area contributed by atoms with Gasteiger partial charge in [-0.25, -0.2) is 0 Å². The Morgan fingerprint density at radius 2 is 1.26 bits per heavy atom. The van der Waals surface area contributed by atoms with Crippen LogP contribution in [0.1, 0.15) is 129 Å². The summed E-state index contributed by atoms with van der Waals surface area (Å²) >= 11 is 0. The quantitative estimate of drug-likeness (QED) is 0.118. The third-order valence-electron chi connectivity index (χ3n) is 6.19. The summed E-state index contributed by atoms with van der Waals surface area (Å²) in [5.74, 6) is 0.857. The number of hydrogen-bond acceptors (Lipinski definition) is 1. The van der Waals surface area contributed by atoms with Crippen LogP contribution in [0.3, 0.4) is 0 Å². The van der Waals surface area contributed by atoms with Crippen molar-refractivity contribution in [3.8, 4) is 0 Å². The van der Waals surface area contributed by atoms with Crippen molar-refractivity contribution >= 4 is 5.84 Å². The second kappa shape index (κ2) is 16.2. The van der Waals surface area contributed by atoms with E-state index in [1.54, 1.807) is 0 Å². The highest BCUT2D eigenvalue weighted by Gasteiger charge is 2.26. The molecule has 1 heterocycles. The van der Waals surface area contributed by atoms with Crippen LogP contribution < -0.4 is 0 Å². The molecule has 1 rings (SSSR count). The molecule has 1 aliphatic heterocycles. The van der Waals surface area contributed by atoms with E-state index < -0.39 is 0 Å². The maximum Gasteiger partial charge on any atom is 0.0962 e. The summed E-state index contributed by atoms with van der Waals surface area (Å²) in [6, 6.07) is 0.439. The van der Waals surface area contributed by atoms with Crippen molar-refractivity contribution < 1.29 is 0 Å². The Bertz CT molecular complexity index is 388. The number of hydrogen-bond donors (Lipinski definition) is 1. The number of unbranched alkanes of at least 4 members (excludes halogenated alkanes) is 14. The Kier molecular flexibility index (Phi) is 14.5. The molecule has 1 unspecified atom stereocenters. The highest BCUT2D eigenvalue weighted by atomic mass is 15.2. The molecule has 1 N–H and O–H groups in total. The lowest BCUT2D eigenvalue weighted by atomic mass is 10.0. The predicted octanol–water partition coefficient (Wildman–Crippen LogP) is 8.27. The smallest absolute Gasteiger partial charge is 0.0962 e. The molecule has 2 heteroatoms. The fourth-order valence-corrected chi connectivity index (χ4v) is 4.41. The van der Waals surface area contributed by atoms with Crippen molar-refractivity contribution in [3.05, 3.63) is 12.2 Å². The molecular formula is C25H48N2. The molecule has 0 aromatic carbocycles. The molecule has 2 nitrogen and oxygen atoms in total. The van der Waals surface area contributed by atoms with E-state index in [9.17, 15) is 0 Å². The Balaban J connectivity index is 1.84. The molecule has 0 saturated carbocycles. The second-order valence-corrected chi connectivity index (χ2v) is 8.84. The maximum absolute atomic E-state index is 8.37. The first kappa shape index (κ1) is 24.2. The summed E-state index contributed by atoms with van der Waals surface area (Å²) < 4.78 is 0. The normalized spacial score (nSPS) is 16.8. The van der Waals surface area contributed by atoms with Crippen molar-refractivity contribution in [2.45, 2.75) is 135 Å². The average Bonchev–Trinajstić information content (AvgIpc) is 3.15. The molecule has 1 fully saturated rings. The van der Waals surface area contributed by atoms with Gasteiger partial charge in [0.25, 0.3) is 0 Å². The molecule has 0 aliphatic carbocycles. The SMILES string of the molecule is C=C(C)C1CCCN1C(=N)CCCCCCCCCCCCCCCCC. The van der Waals surface area contributed by atoms with E-state index in [4.69, 9.17) is 5.41 Å². The van der Waals surface area contributed by atoms with Crippen LogP contribution in [0.15, 0.2) is 12.2 Å². The lowest BCUT2D eigenvalue weighted by Crippen LogP contribution is -2.35. The molecule has 158 valence electrons. The summed E-state index contributed by atoms with van der Waals surface area (Å²) in [5, 5.41) is 8.37. The van der Waals surface area contributed by atoms with Crippen LogP contribution in [0, 0.1) is 5.41 Å². The molecule has 0 bridgehead atoms. The molecule has 0 aromatic rings. The van der Waals surface area contributed by atoms with E-state index in [1.807, 2.05) is 0 Å². The molecular weight excluding hydrogens is 328 g/mol. The average molecular weight is 377 g/mol. The molecule has 1 saturated heterocycles. The zero-order valence-electron chi connectivity index (χ0n) is 18.7. The first-order chi connectivity index (χ1) is 13.2. The van der Waals surface area contributed by atoms with Gasteiger partial charge in [-0.05, 0) is 26.2 Å². The molecule has 1 aliphatic rings. The molecule has 1 atom stereocenters. The standard InChI is InChI=1S/C25H48N2/c1-4-5-6-7-8-9-10-11-12-13-14-15-16-17-18-21-25(26)27-22-19-20-24(27)23(2)3/h24,26H,2,4-22H2,1,3H3. The Morgan fingerprint density at radius 1 is 0.815 bits per heavy atom. The summed E-state index contributed by atoms with van der Waals surface area (Å²) in [6.07, 6.45) is 24.4. The summed E-state index contributed by atoms with van der Waals surface area (Å²) in [5.41, 5.74) is 1.23. The van der Waals surface area contributed by atoms with E-state index >= 15 is 0 Å². The third kappa shape index (κ3) is 11.6. The van der Waals surface area contributed by atoms with Crippen molar-refractivity contribution in [2.24, 2.45) is 0 Å². The second-order valence-electron chi connectivity index (χ2n) is 8.84. The lowest BCUT2D eigenvalue weighted by molar-refractivity contribution is 0.416. The number of rotatable bonds is 17. The van der Waals surface area contributed by atoms with Gasteiger partial charge in [-0.15, -0.1) is 0 Å². The molecule has 0 amide bonds. The largest absolute Gasteiger partial charge is 0.354 e. The van der Waals surface area contributed by atoms with Gasteiger partial charge in [0.15, 0.2) is 0 Å². The fourth-order valence-electron chi connectivity index (χ4n) is 4.41. The van der Waals surface area contributed by atoms with Gasteiger partial charge < -0.3 is 4.90 Å². The number of amidine groups is 1. The van der Waals surface area contributed by atoms with Crippen molar-refractivity contribution in [3.63, 3.8) is 0 Å². The first-order valence-electron chi connectivity index (χ1n) is 12.2. The molecule has 0 radical (unpaired) electrons.